The van der Waals surface area contributed by atoms with Crippen molar-refractivity contribution >= 4 is 41.4 Å². The van der Waals surface area contributed by atoms with Crippen LogP contribution < -0.4 is 38.1 Å². The van der Waals surface area contributed by atoms with Crippen molar-refractivity contribution in [3.63, 3.8) is 0 Å². The van der Waals surface area contributed by atoms with Gasteiger partial charge in [-0.05, 0) is 19.3 Å². The van der Waals surface area contributed by atoms with Gasteiger partial charge in [-0.1, -0.05) is 13.8 Å². The Balaban J connectivity index is 5.46. The zero-order chi connectivity index (χ0) is 28.7. The molecule has 0 fully saturated rings. The predicted molar refractivity (Wildman–Crippen MR) is 128 cm³/mol. The van der Waals surface area contributed by atoms with E-state index >= 15 is 0 Å². The minimum absolute atomic E-state index is 0.121. The van der Waals surface area contributed by atoms with Crippen molar-refractivity contribution in [2.45, 2.75) is 64.2 Å². The third-order valence-corrected chi connectivity index (χ3v) is 4.79. The lowest BCUT2D eigenvalue weighted by Crippen LogP contribution is -2.59. The van der Waals surface area contributed by atoms with Gasteiger partial charge >= 0.3 is 5.97 Å². The number of rotatable bonds is 17. The maximum Gasteiger partial charge on any atom is 0.305 e. The highest BCUT2D eigenvalue weighted by Crippen LogP contribution is 2.05. The first-order valence-electron chi connectivity index (χ1n) is 11.5. The summed E-state index contributed by atoms with van der Waals surface area (Å²) in [7, 11) is 0. The normalized spacial score (nSPS) is 13.9. The summed E-state index contributed by atoms with van der Waals surface area (Å²) in [4.78, 5) is 84.4. The minimum Gasteiger partial charge on any atom is -0.481 e. The maximum absolute atomic E-state index is 12.9. The Bertz CT molecular complexity index is 848. The van der Waals surface area contributed by atoms with E-state index in [-0.39, 0.29) is 13.2 Å². The van der Waals surface area contributed by atoms with Crippen molar-refractivity contribution in [1.29, 1.82) is 0 Å². The van der Waals surface area contributed by atoms with Crippen LogP contribution in [0.3, 0.4) is 0 Å². The van der Waals surface area contributed by atoms with Crippen LogP contribution in [0.4, 0.5) is 0 Å². The van der Waals surface area contributed by atoms with Crippen LogP contribution in [-0.4, -0.2) is 95.5 Å². The number of primary amides is 1. The Hall–Kier alpha value is -3.79. The van der Waals surface area contributed by atoms with Gasteiger partial charge in [0.25, 0.3) is 0 Å². The second-order valence-corrected chi connectivity index (χ2v) is 8.55. The zero-order valence-electron chi connectivity index (χ0n) is 21.0. The van der Waals surface area contributed by atoms with Gasteiger partial charge in [0.15, 0.2) is 0 Å². The van der Waals surface area contributed by atoms with Crippen LogP contribution >= 0.6 is 0 Å². The van der Waals surface area contributed by atoms with Gasteiger partial charge in [-0.15, -0.1) is 0 Å². The Morgan fingerprint density at radius 3 is 1.81 bits per heavy atom. The smallest absolute Gasteiger partial charge is 0.305 e. The number of carboxylic acid groups (broad SMARTS) is 1. The van der Waals surface area contributed by atoms with E-state index in [9.17, 15) is 38.7 Å². The van der Waals surface area contributed by atoms with Crippen LogP contribution in [0.25, 0.3) is 0 Å². The molecule has 16 nitrogen and oxygen atoms in total. The second kappa shape index (κ2) is 16.8. The number of carboxylic acids is 1. The second-order valence-electron chi connectivity index (χ2n) is 8.55. The number of aliphatic carboxylic acids is 1. The summed E-state index contributed by atoms with van der Waals surface area (Å²) < 4.78 is 0. The van der Waals surface area contributed by atoms with Crippen LogP contribution in [0.15, 0.2) is 0 Å². The molecule has 210 valence electrons. The molecule has 0 rings (SSSR count). The van der Waals surface area contributed by atoms with Crippen molar-refractivity contribution in [3.8, 4) is 0 Å². The van der Waals surface area contributed by atoms with Crippen molar-refractivity contribution in [1.82, 2.24) is 26.6 Å². The van der Waals surface area contributed by atoms with Crippen molar-refractivity contribution < 1.29 is 43.8 Å². The quantitative estimate of drug-likeness (QED) is 0.0810. The maximum atomic E-state index is 12.9. The number of aliphatic hydroxyl groups excluding tert-OH is 1. The molecule has 0 aromatic carbocycles. The van der Waals surface area contributed by atoms with Crippen LogP contribution in [0.2, 0.25) is 0 Å². The molecule has 0 aromatic heterocycles. The summed E-state index contributed by atoms with van der Waals surface area (Å²) in [5.74, 6) is -7.09. The molecule has 16 heteroatoms. The number of nitrogens with one attached hydrogen (secondary N) is 5. The number of nitrogens with two attached hydrogens (primary N) is 2. The Morgan fingerprint density at radius 1 is 0.784 bits per heavy atom. The van der Waals surface area contributed by atoms with Crippen LogP contribution in [0.5, 0.6) is 0 Å². The van der Waals surface area contributed by atoms with Crippen LogP contribution in [0, 0.1) is 5.92 Å². The molecule has 37 heavy (non-hydrogen) atoms. The lowest BCUT2D eigenvalue weighted by molar-refractivity contribution is -0.142. The SMILES string of the molecule is CC(C)[C@H](NC(=O)[C@H](CC(=O)O)NC(=O)[C@H](CC(N)=O)NC(=O)[C@H](C)N)C(=O)NCC(=O)NCCCO. The Morgan fingerprint density at radius 2 is 1.32 bits per heavy atom. The van der Waals surface area contributed by atoms with E-state index in [2.05, 4.69) is 26.6 Å². The summed E-state index contributed by atoms with van der Waals surface area (Å²) in [5.41, 5.74) is 10.6. The van der Waals surface area contributed by atoms with Gasteiger partial charge in [0.05, 0.1) is 25.4 Å². The first-order chi connectivity index (χ1) is 17.2. The fraction of sp³-hybridized carbons (Fsp3) is 0.667. The minimum atomic E-state index is -1.69. The van der Waals surface area contributed by atoms with Gasteiger partial charge in [-0.25, -0.2) is 0 Å². The number of aliphatic hydroxyl groups is 1. The summed E-state index contributed by atoms with van der Waals surface area (Å²) in [6.07, 6.45) is -1.21. The van der Waals surface area contributed by atoms with Crippen molar-refractivity contribution in [3.05, 3.63) is 0 Å². The highest BCUT2D eigenvalue weighted by Gasteiger charge is 2.33. The molecule has 0 saturated heterocycles. The molecule has 4 atom stereocenters. The molecular weight excluding hydrogens is 494 g/mol. The number of carbonyl (C=O) groups is 7. The third kappa shape index (κ3) is 13.8. The zero-order valence-corrected chi connectivity index (χ0v) is 21.0. The molecule has 0 saturated carbocycles. The monoisotopic (exact) mass is 531 g/mol. The number of carbonyl (C=O) groups excluding carboxylic acids is 6. The summed E-state index contributed by atoms with van der Waals surface area (Å²) in [6, 6.07) is -5.47. The van der Waals surface area contributed by atoms with E-state index in [1.54, 1.807) is 13.8 Å². The highest BCUT2D eigenvalue weighted by molar-refractivity contribution is 5.98. The standard InChI is InChI=1S/C21H37N7O9/c1-10(2)17(21(37)25-9-15(31)24-5-4-6-29)28-20(36)13(8-16(32)33)27-19(35)12(7-14(23)30)26-18(34)11(3)22/h10-13,17,29H,4-9,22H2,1-3H3,(H2,23,30)(H,24,31)(H,25,37)(H,26,34)(H,27,35)(H,28,36)(H,32,33)/t11-,12-,13-,17-/m0/s1. The lowest BCUT2D eigenvalue weighted by atomic mass is 10.0. The summed E-state index contributed by atoms with van der Waals surface area (Å²) >= 11 is 0. The molecule has 0 heterocycles. The van der Waals surface area contributed by atoms with E-state index in [1.165, 1.54) is 6.92 Å². The van der Waals surface area contributed by atoms with Gasteiger partial charge < -0.3 is 48.3 Å². The van der Waals surface area contributed by atoms with E-state index in [1.807, 2.05) is 0 Å². The first-order valence-corrected chi connectivity index (χ1v) is 11.5. The van der Waals surface area contributed by atoms with Gasteiger partial charge in [0.2, 0.25) is 35.4 Å². The molecule has 0 aromatic rings. The molecule has 0 aliphatic carbocycles. The molecule has 0 spiro atoms. The largest absolute Gasteiger partial charge is 0.481 e. The molecule has 11 N–H and O–H groups in total. The average molecular weight is 532 g/mol. The van der Waals surface area contributed by atoms with Gasteiger partial charge in [0, 0.05) is 13.2 Å². The van der Waals surface area contributed by atoms with E-state index < -0.39 is 90.9 Å². The fourth-order valence-electron chi connectivity index (χ4n) is 2.81. The number of hydrogen-bond donors (Lipinski definition) is 9. The topological polar surface area (TPSA) is 272 Å². The summed E-state index contributed by atoms with van der Waals surface area (Å²) in [6.45, 7) is 4.17. The first kappa shape index (κ1) is 33.2. The van der Waals surface area contributed by atoms with Crippen LogP contribution in [0.1, 0.15) is 40.0 Å². The average Bonchev–Trinajstić information content (AvgIpc) is 2.79. The van der Waals surface area contributed by atoms with Gasteiger partial charge in [0.1, 0.15) is 18.1 Å². The van der Waals surface area contributed by atoms with Gasteiger partial charge in [-0.3, -0.25) is 33.6 Å². The van der Waals surface area contributed by atoms with Crippen molar-refractivity contribution in [2.75, 3.05) is 19.7 Å². The van der Waals surface area contributed by atoms with Crippen molar-refractivity contribution in [2.24, 2.45) is 17.4 Å². The predicted octanol–water partition coefficient (Wildman–Crippen LogP) is -4.59. The van der Waals surface area contributed by atoms with E-state index in [0.717, 1.165) is 0 Å². The number of amides is 6. The molecule has 0 bridgehead atoms. The lowest BCUT2D eigenvalue weighted by Gasteiger charge is -2.26. The van der Waals surface area contributed by atoms with Gasteiger partial charge in [-0.2, -0.15) is 0 Å². The number of hydrogen-bond acceptors (Lipinski definition) is 9. The molecule has 0 aliphatic rings. The Kier molecular flexibility index (Phi) is 15.1. The Labute approximate surface area is 213 Å². The third-order valence-electron chi connectivity index (χ3n) is 4.79. The molecule has 6 amide bonds. The fourth-order valence-corrected chi connectivity index (χ4v) is 2.81. The van der Waals surface area contributed by atoms with E-state index in [0.29, 0.717) is 6.42 Å². The summed E-state index contributed by atoms with van der Waals surface area (Å²) in [5, 5.41) is 29.4. The van der Waals surface area contributed by atoms with Crippen LogP contribution in [-0.2, 0) is 33.6 Å². The molecule has 0 unspecified atom stereocenters. The highest BCUT2D eigenvalue weighted by atomic mass is 16.4. The molecule has 0 aliphatic heterocycles. The van der Waals surface area contributed by atoms with E-state index in [4.69, 9.17) is 16.6 Å². The molecular formula is C21H37N7O9. The molecule has 0 radical (unpaired) electrons.